The van der Waals surface area contributed by atoms with Crippen LogP contribution in [0.1, 0.15) is 6.92 Å². The van der Waals surface area contributed by atoms with Crippen LogP contribution in [0.2, 0.25) is 0 Å². The first kappa shape index (κ1) is 8.26. The van der Waals surface area contributed by atoms with Crippen LogP contribution in [0.3, 0.4) is 0 Å². The molecule has 0 spiro atoms. The highest BCUT2D eigenvalue weighted by Crippen LogP contribution is 1.99. The Morgan fingerprint density at radius 3 is 2.00 bits per heavy atom. The van der Waals surface area contributed by atoms with Gasteiger partial charge >= 0.3 is 12.4 Å². The summed E-state index contributed by atoms with van der Waals surface area (Å²) in [7, 11) is 0. The van der Waals surface area contributed by atoms with Crippen LogP contribution in [-0.2, 0) is 9.53 Å². The van der Waals surface area contributed by atoms with Crippen LogP contribution < -0.4 is 0 Å². The molecule has 5 heteroatoms. The molecule has 0 saturated carbocycles. The van der Waals surface area contributed by atoms with E-state index in [0.717, 1.165) is 6.92 Å². The smallest absolute Gasteiger partial charge is 0.376 e. The monoisotopic (exact) mass is 142 g/mol. The van der Waals surface area contributed by atoms with Gasteiger partial charge in [0.15, 0.2) is 0 Å². The van der Waals surface area contributed by atoms with Gasteiger partial charge < -0.3 is 4.74 Å². The molecule has 54 valence electrons. The average molecular weight is 142 g/mol. The van der Waals surface area contributed by atoms with Gasteiger partial charge in [0.1, 0.15) is 0 Å². The molecular formula is C4H5F3O2. The molecule has 0 fully saturated rings. The van der Waals surface area contributed by atoms with E-state index < -0.39 is 18.8 Å². The Balaban J connectivity index is 3.51. The van der Waals surface area contributed by atoms with E-state index in [2.05, 4.69) is 4.74 Å². The van der Waals surface area contributed by atoms with Crippen molar-refractivity contribution in [3.05, 3.63) is 0 Å². The minimum atomic E-state index is -3.25. The molecule has 0 aliphatic carbocycles. The van der Waals surface area contributed by atoms with E-state index in [-0.39, 0.29) is 0 Å². The highest BCUT2D eigenvalue weighted by Gasteiger charge is 2.18. The molecule has 0 bridgehead atoms. The third-order valence-electron chi connectivity index (χ3n) is 0.457. The maximum absolute atomic E-state index is 11.5. The lowest BCUT2D eigenvalue weighted by molar-refractivity contribution is -0.168. The molecule has 1 unspecified atom stereocenters. The van der Waals surface area contributed by atoms with E-state index in [1.807, 2.05) is 0 Å². The highest BCUT2D eigenvalue weighted by atomic mass is 19.3. The lowest BCUT2D eigenvalue weighted by Gasteiger charge is -2.02. The van der Waals surface area contributed by atoms with E-state index in [4.69, 9.17) is 0 Å². The van der Waals surface area contributed by atoms with Crippen molar-refractivity contribution in [2.45, 2.75) is 19.7 Å². The number of alkyl halides is 3. The predicted molar refractivity (Wildman–Crippen MR) is 22.7 cm³/mol. The summed E-state index contributed by atoms with van der Waals surface area (Å²) in [5, 5.41) is 0. The number of rotatable bonds is 2. The van der Waals surface area contributed by atoms with Crippen molar-refractivity contribution in [1.82, 2.24) is 0 Å². The molecule has 0 aromatic rings. The van der Waals surface area contributed by atoms with Crippen molar-refractivity contribution in [2.24, 2.45) is 0 Å². The largest absolute Gasteiger partial charge is 0.427 e. The molecule has 0 amide bonds. The maximum Gasteiger partial charge on any atom is 0.376 e. The van der Waals surface area contributed by atoms with Gasteiger partial charge in [-0.15, -0.1) is 0 Å². The topological polar surface area (TPSA) is 26.3 Å². The standard InChI is InChI=1S/C4H5F3O2/c1-2(5)9-4(8)3(6)7/h2-3H,1H3. The lowest BCUT2D eigenvalue weighted by atomic mass is 10.7. The van der Waals surface area contributed by atoms with Crippen molar-refractivity contribution in [2.75, 3.05) is 0 Å². The van der Waals surface area contributed by atoms with Gasteiger partial charge in [0.2, 0.25) is 6.36 Å². The van der Waals surface area contributed by atoms with Gasteiger partial charge in [-0.05, 0) is 0 Å². The van der Waals surface area contributed by atoms with Crippen molar-refractivity contribution >= 4 is 5.97 Å². The van der Waals surface area contributed by atoms with Crippen LogP contribution in [-0.4, -0.2) is 18.8 Å². The second kappa shape index (κ2) is 3.32. The Bertz CT molecular complexity index is 102. The van der Waals surface area contributed by atoms with E-state index in [0.29, 0.717) is 0 Å². The first-order valence-electron chi connectivity index (χ1n) is 2.16. The molecule has 0 aliphatic rings. The minimum Gasteiger partial charge on any atom is -0.427 e. The number of carbonyl (C=O) groups is 1. The van der Waals surface area contributed by atoms with Gasteiger partial charge in [-0.1, -0.05) is 0 Å². The van der Waals surface area contributed by atoms with Crippen LogP contribution in [0.25, 0.3) is 0 Å². The third-order valence-corrected chi connectivity index (χ3v) is 0.457. The highest BCUT2D eigenvalue weighted by molar-refractivity contribution is 5.72. The first-order chi connectivity index (χ1) is 4.04. The van der Waals surface area contributed by atoms with Gasteiger partial charge in [0, 0.05) is 6.92 Å². The Labute approximate surface area is 49.6 Å². The number of hydrogen-bond acceptors (Lipinski definition) is 2. The van der Waals surface area contributed by atoms with Gasteiger partial charge in [-0.2, -0.15) is 8.78 Å². The summed E-state index contributed by atoms with van der Waals surface area (Å²) in [5.41, 5.74) is 0. The Kier molecular flexibility index (Phi) is 3.05. The predicted octanol–water partition coefficient (Wildman–Crippen LogP) is 1.11. The van der Waals surface area contributed by atoms with E-state index in [9.17, 15) is 18.0 Å². The molecule has 0 aliphatic heterocycles. The molecule has 0 aromatic heterocycles. The van der Waals surface area contributed by atoms with Gasteiger partial charge in [-0.25, -0.2) is 9.18 Å². The molecule has 0 saturated heterocycles. The Morgan fingerprint density at radius 1 is 1.44 bits per heavy atom. The van der Waals surface area contributed by atoms with E-state index >= 15 is 0 Å². The van der Waals surface area contributed by atoms with E-state index in [1.54, 1.807) is 0 Å². The second-order valence-electron chi connectivity index (χ2n) is 1.28. The van der Waals surface area contributed by atoms with Crippen molar-refractivity contribution in [3.63, 3.8) is 0 Å². The molecule has 1 atom stereocenters. The summed E-state index contributed by atoms with van der Waals surface area (Å²) in [4.78, 5) is 9.74. The van der Waals surface area contributed by atoms with Gasteiger partial charge in [0.25, 0.3) is 0 Å². The van der Waals surface area contributed by atoms with Gasteiger partial charge in [0.05, 0.1) is 0 Å². The van der Waals surface area contributed by atoms with Crippen LogP contribution in [0.4, 0.5) is 13.2 Å². The third kappa shape index (κ3) is 3.81. The molecule has 0 rings (SSSR count). The molecule has 0 heterocycles. The zero-order valence-corrected chi connectivity index (χ0v) is 4.61. The summed E-state index contributed by atoms with van der Waals surface area (Å²) in [6, 6.07) is 0. The Morgan fingerprint density at radius 2 is 1.89 bits per heavy atom. The van der Waals surface area contributed by atoms with Crippen molar-refractivity contribution in [1.29, 1.82) is 0 Å². The zero-order valence-electron chi connectivity index (χ0n) is 4.61. The van der Waals surface area contributed by atoms with Crippen LogP contribution >= 0.6 is 0 Å². The number of carbonyl (C=O) groups excluding carboxylic acids is 1. The van der Waals surface area contributed by atoms with E-state index in [1.165, 1.54) is 0 Å². The number of esters is 1. The molecular weight excluding hydrogens is 137 g/mol. The molecule has 2 nitrogen and oxygen atoms in total. The second-order valence-corrected chi connectivity index (χ2v) is 1.28. The van der Waals surface area contributed by atoms with Crippen LogP contribution in [0.5, 0.6) is 0 Å². The zero-order chi connectivity index (χ0) is 7.44. The SMILES string of the molecule is CC(F)OC(=O)C(F)F. The molecule has 0 aromatic carbocycles. The van der Waals surface area contributed by atoms with Crippen LogP contribution in [0.15, 0.2) is 0 Å². The number of halogens is 3. The average Bonchev–Trinajstić information content (AvgIpc) is 1.63. The lowest BCUT2D eigenvalue weighted by Crippen LogP contribution is -2.17. The fourth-order valence-electron chi connectivity index (χ4n) is 0.211. The fourth-order valence-corrected chi connectivity index (χ4v) is 0.211. The van der Waals surface area contributed by atoms with Crippen LogP contribution in [0, 0.1) is 0 Å². The quantitative estimate of drug-likeness (QED) is 0.540. The number of hydrogen-bond donors (Lipinski definition) is 0. The summed E-state index contributed by atoms with van der Waals surface area (Å²) >= 11 is 0. The normalized spacial score (nSPS) is 13.4. The molecule has 0 radical (unpaired) electrons. The summed E-state index contributed by atoms with van der Waals surface area (Å²) in [6.45, 7) is 0.848. The molecule has 0 N–H and O–H groups in total. The summed E-state index contributed by atoms with van der Waals surface area (Å²) in [5.74, 6) is -1.83. The van der Waals surface area contributed by atoms with Crippen molar-refractivity contribution < 1.29 is 22.7 Å². The summed E-state index contributed by atoms with van der Waals surface area (Å²) < 4.78 is 37.3. The number of ether oxygens (including phenoxy) is 1. The minimum absolute atomic E-state index is 0.848. The van der Waals surface area contributed by atoms with Gasteiger partial charge in [-0.3, -0.25) is 0 Å². The fraction of sp³-hybridized carbons (Fsp3) is 0.750. The van der Waals surface area contributed by atoms with Crippen molar-refractivity contribution in [3.8, 4) is 0 Å². The maximum atomic E-state index is 11.5. The molecule has 9 heavy (non-hydrogen) atoms. The summed E-state index contributed by atoms with van der Waals surface area (Å²) in [6.07, 6.45) is -5.21. The first-order valence-corrected chi connectivity index (χ1v) is 2.16. The Hall–Kier alpha value is -0.740.